The molecule has 152 valence electrons. The molecule has 0 unspecified atom stereocenters. The van der Waals surface area contributed by atoms with Crippen LogP contribution in [0.2, 0.25) is 0 Å². The first-order chi connectivity index (χ1) is 14.5. The van der Waals surface area contributed by atoms with E-state index in [0.717, 1.165) is 5.69 Å². The number of rotatable bonds is 5. The van der Waals surface area contributed by atoms with Crippen LogP contribution in [0.15, 0.2) is 78.9 Å². The van der Waals surface area contributed by atoms with Crippen LogP contribution in [0, 0.1) is 0 Å². The van der Waals surface area contributed by atoms with Crippen molar-refractivity contribution in [2.24, 2.45) is 0 Å². The Balaban J connectivity index is 1.64. The molecule has 2 amide bonds. The van der Waals surface area contributed by atoms with Crippen LogP contribution in [-0.4, -0.2) is 31.1 Å². The Morgan fingerprint density at radius 1 is 0.900 bits per heavy atom. The summed E-state index contributed by atoms with van der Waals surface area (Å²) in [5.74, 6) is 0.165. The molecule has 0 bridgehead atoms. The fourth-order valence-corrected chi connectivity index (χ4v) is 2.98. The maximum absolute atomic E-state index is 12.8. The average molecular weight is 420 g/mol. The van der Waals surface area contributed by atoms with Crippen LogP contribution >= 0.6 is 12.2 Å². The minimum absolute atomic E-state index is 0.136. The minimum Gasteiger partial charge on any atom is -0.497 e. The molecule has 0 aliphatic carbocycles. The highest BCUT2D eigenvalue weighted by atomic mass is 32.1. The molecule has 0 atom stereocenters. The lowest BCUT2D eigenvalue weighted by Gasteiger charge is -2.18. The van der Waals surface area contributed by atoms with E-state index in [4.69, 9.17) is 17.0 Å². The second kappa shape index (κ2) is 9.67. The van der Waals surface area contributed by atoms with Crippen LogP contribution in [0.1, 0.15) is 20.7 Å². The first kappa shape index (κ1) is 21.0. The van der Waals surface area contributed by atoms with Crippen molar-refractivity contribution < 1.29 is 14.3 Å². The molecule has 3 aromatic carbocycles. The van der Waals surface area contributed by atoms with E-state index in [1.54, 1.807) is 67.6 Å². The Hall–Kier alpha value is -3.71. The number of benzene rings is 3. The van der Waals surface area contributed by atoms with Crippen molar-refractivity contribution in [1.29, 1.82) is 0 Å². The number of para-hydroxylation sites is 1. The Kier molecular flexibility index (Phi) is 6.77. The lowest BCUT2D eigenvalue weighted by Crippen LogP contribution is -2.34. The summed E-state index contributed by atoms with van der Waals surface area (Å²) in [6.07, 6.45) is 0. The quantitative estimate of drug-likeness (QED) is 0.610. The van der Waals surface area contributed by atoms with Crippen LogP contribution < -0.4 is 20.3 Å². The maximum atomic E-state index is 12.8. The number of nitrogens with zero attached hydrogens (tertiary/aromatic N) is 1. The summed E-state index contributed by atoms with van der Waals surface area (Å²) in [7, 11) is 3.28. The van der Waals surface area contributed by atoms with Gasteiger partial charge < -0.3 is 15.0 Å². The van der Waals surface area contributed by atoms with Crippen molar-refractivity contribution in [2.45, 2.75) is 0 Å². The summed E-state index contributed by atoms with van der Waals surface area (Å²) in [4.78, 5) is 26.7. The first-order valence-corrected chi connectivity index (χ1v) is 9.58. The van der Waals surface area contributed by atoms with Gasteiger partial charge in [-0.2, -0.15) is 0 Å². The summed E-state index contributed by atoms with van der Waals surface area (Å²) in [6.45, 7) is 0. The predicted molar refractivity (Wildman–Crippen MR) is 122 cm³/mol. The van der Waals surface area contributed by atoms with E-state index in [1.807, 2.05) is 30.3 Å². The van der Waals surface area contributed by atoms with E-state index in [9.17, 15) is 9.59 Å². The van der Waals surface area contributed by atoms with Crippen molar-refractivity contribution in [3.8, 4) is 5.75 Å². The topological polar surface area (TPSA) is 70.7 Å². The number of carbonyl (C=O) groups is 2. The summed E-state index contributed by atoms with van der Waals surface area (Å²) in [5.41, 5.74) is 2.34. The molecule has 0 radical (unpaired) electrons. The average Bonchev–Trinajstić information content (AvgIpc) is 2.78. The highest BCUT2D eigenvalue weighted by Gasteiger charge is 2.14. The number of hydrogen-bond acceptors (Lipinski definition) is 4. The largest absolute Gasteiger partial charge is 0.497 e. The SMILES string of the molecule is COc1ccc(C(=O)NC(=S)Nc2cccc(C(=O)N(C)c3ccccc3)c2)cc1. The fraction of sp³-hybridized carbons (Fsp3) is 0.0870. The highest BCUT2D eigenvalue weighted by Crippen LogP contribution is 2.17. The zero-order chi connectivity index (χ0) is 21.5. The van der Waals surface area contributed by atoms with E-state index in [2.05, 4.69) is 10.6 Å². The maximum Gasteiger partial charge on any atom is 0.258 e. The molecule has 0 aromatic heterocycles. The zero-order valence-electron chi connectivity index (χ0n) is 16.6. The number of hydrogen-bond donors (Lipinski definition) is 2. The van der Waals surface area contributed by atoms with Crippen LogP contribution in [0.4, 0.5) is 11.4 Å². The zero-order valence-corrected chi connectivity index (χ0v) is 17.4. The Morgan fingerprint density at radius 2 is 1.60 bits per heavy atom. The van der Waals surface area contributed by atoms with Crippen molar-refractivity contribution in [2.75, 3.05) is 24.4 Å². The summed E-state index contributed by atoms with van der Waals surface area (Å²) in [6, 6.07) is 23.0. The van der Waals surface area contributed by atoms with Gasteiger partial charge in [0.2, 0.25) is 0 Å². The highest BCUT2D eigenvalue weighted by molar-refractivity contribution is 7.80. The molecule has 0 spiro atoms. The van der Waals surface area contributed by atoms with Gasteiger partial charge in [0.25, 0.3) is 11.8 Å². The van der Waals surface area contributed by atoms with Gasteiger partial charge in [-0.3, -0.25) is 14.9 Å². The molecule has 7 heteroatoms. The molecular weight excluding hydrogens is 398 g/mol. The van der Waals surface area contributed by atoms with Crippen LogP contribution in [0.25, 0.3) is 0 Å². The molecule has 3 rings (SSSR count). The number of methoxy groups -OCH3 is 1. The Morgan fingerprint density at radius 3 is 2.27 bits per heavy atom. The molecule has 0 aliphatic heterocycles. The third-order valence-electron chi connectivity index (χ3n) is 4.39. The van der Waals surface area contributed by atoms with E-state index >= 15 is 0 Å². The van der Waals surface area contributed by atoms with Crippen molar-refractivity contribution in [3.63, 3.8) is 0 Å². The van der Waals surface area contributed by atoms with Gasteiger partial charge in [0, 0.05) is 29.5 Å². The smallest absolute Gasteiger partial charge is 0.258 e. The Bertz CT molecular complexity index is 1050. The second-order valence-corrected chi connectivity index (χ2v) is 6.83. The lowest BCUT2D eigenvalue weighted by atomic mass is 10.1. The molecule has 2 N–H and O–H groups in total. The van der Waals surface area contributed by atoms with Gasteiger partial charge in [0.15, 0.2) is 5.11 Å². The van der Waals surface area contributed by atoms with E-state index in [1.165, 1.54) is 0 Å². The van der Waals surface area contributed by atoms with Gasteiger partial charge in [-0.05, 0) is 66.8 Å². The van der Waals surface area contributed by atoms with Crippen molar-refractivity contribution in [3.05, 3.63) is 90.0 Å². The van der Waals surface area contributed by atoms with Gasteiger partial charge in [0.1, 0.15) is 5.75 Å². The molecule has 0 saturated carbocycles. The fourth-order valence-electron chi connectivity index (χ4n) is 2.77. The third-order valence-corrected chi connectivity index (χ3v) is 4.60. The first-order valence-electron chi connectivity index (χ1n) is 9.17. The monoisotopic (exact) mass is 419 g/mol. The molecule has 6 nitrogen and oxygen atoms in total. The summed E-state index contributed by atoms with van der Waals surface area (Å²) in [5, 5.41) is 5.70. The van der Waals surface area contributed by atoms with Crippen LogP contribution in [-0.2, 0) is 0 Å². The number of amides is 2. The number of anilines is 2. The number of ether oxygens (including phenoxy) is 1. The van der Waals surface area contributed by atoms with Crippen molar-refractivity contribution >= 4 is 40.5 Å². The molecule has 3 aromatic rings. The molecular formula is C23H21N3O3S. The van der Waals surface area contributed by atoms with Gasteiger partial charge >= 0.3 is 0 Å². The van der Waals surface area contributed by atoms with E-state index in [0.29, 0.717) is 22.6 Å². The van der Waals surface area contributed by atoms with Gasteiger partial charge in [0.05, 0.1) is 7.11 Å². The van der Waals surface area contributed by atoms with Gasteiger partial charge in [-0.15, -0.1) is 0 Å². The lowest BCUT2D eigenvalue weighted by molar-refractivity contribution is 0.0974. The van der Waals surface area contributed by atoms with Crippen LogP contribution in [0.5, 0.6) is 5.75 Å². The number of carbonyl (C=O) groups excluding carboxylic acids is 2. The molecule has 0 saturated heterocycles. The van der Waals surface area contributed by atoms with Crippen molar-refractivity contribution in [1.82, 2.24) is 5.32 Å². The molecule has 0 heterocycles. The van der Waals surface area contributed by atoms with E-state index < -0.39 is 0 Å². The normalized spacial score (nSPS) is 10.1. The van der Waals surface area contributed by atoms with Crippen LogP contribution in [0.3, 0.4) is 0 Å². The van der Waals surface area contributed by atoms with Gasteiger partial charge in [-0.25, -0.2) is 0 Å². The standard InChI is InChI=1S/C23H21N3O3S/c1-26(19-9-4-3-5-10-19)22(28)17-7-6-8-18(15-17)24-23(30)25-21(27)16-11-13-20(29-2)14-12-16/h3-15H,1-2H3,(H2,24,25,27,30). The second-order valence-electron chi connectivity index (χ2n) is 6.42. The predicted octanol–water partition coefficient (Wildman–Crippen LogP) is 4.10. The summed E-state index contributed by atoms with van der Waals surface area (Å²) >= 11 is 5.23. The number of thiocarbonyl (C=S) groups is 1. The van der Waals surface area contributed by atoms with Gasteiger partial charge in [-0.1, -0.05) is 24.3 Å². The Labute approximate surface area is 180 Å². The van der Waals surface area contributed by atoms with E-state index in [-0.39, 0.29) is 16.9 Å². The number of nitrogens with one attached hydrogen (secondary N) is 2. The molecule has 30 heavy (non-hydrogen) atoms. The molecule has 0 fully saturated rings. The third kappa shape index (κ3) is 5.21. The molecule has 0 aliphatic rings. The minimum atomic E-state index is -0.341. The summed E-state index contributed by atoms with van der Waals surface area (Å²) < 4.78 is 5.08.